The van der Waals surface area contributed by atoms with Gasteiger partial charge in [0.05, 0.1) is 41.8 Å². The summed E-state index contributed by atoms with van der Waals surface area (Å²) in [5, 5.41) is 23.9. The van der Waals surface area contributed by atoms with Gasteiger partial charge in [0.15, 0.2) is 6.29 Å². The maximum Gasteiger partial charge on any atom is 0.318 e. The number of fused-ring (bicyclic) bond motifs is 2. The van der Waals surface area contributed by atoms with Crippen molar-refractivity contribution in [3.8, 4) is 11.8 Å². The van der Waals surface area contributed by atoms with Crippen LogP contribution < -0.4 is 14.5 Å². The zero-order valence-electron chi connectivity index (χ0n) is 26.1. The van der Waals surface area contributed by atoms with Gasteiger partial charge in [-0.1, -0.05) is 12.1 Å². The van der Waals surface area contributed by atoms with Gasteiger partial charge in [0.2, 0.25) is 0 Å². The van der Waals surface area contributed by atoms with E-state index >= 15 is 0 Å². The minimum atomic E-state index is -0.818. The van der Waals surface area contributed by atoms with Crippen LogP contribution in [0.15, 0.2) is 24.3 Å². The highest BCUT2D eigenvalue weighted by atomic mass is 127. The van der Waals surface area contributed by atoms with Gasteiger partial charge in [-0.25, -0.2) is 0 Å². The SMILES string of the molecule is COC1CCN(CC2(COc3nc4c(c(N5CCC[C@@](C)(O)C5)n3)CN(c3c(O)cc5cccc(I)c5c3C=O)C4)CC2)CC1. The van der Waals surface area contributed by atoms with E-state index in [1.807, 2.05) is 30.0 Å². The molecule has 3 fully saturated rings. The number of phenolic OH excluding ortho intramolecular Hbond substituents is 1. The van der Waals surface area contributed by atoms with Crippen molar-refractivity contribution in [3.05, 3.63) is 44.7 Å². The van der Waals surface area contributed by atoms with Gasteiger partial charge >= 0.3 is 6.01 Å². The van der Waals surface area contributed by atoms with Gasteiger partial charge in [0.25, 0.3) is 0 Å². The average molecular weight is 728 g/mol. The number of nitrogens with zero attached hydrogens (tertiary/aromatic N) is 5. The van der Waals surface area contributed by atoms with Crippen LogP contribution in [0.4, 0.5) is 11.5 Å². The van der Waals surface area contributed by atoms with Crippen molar-refractivity contribution in [2.75, 3.05) is 56.2 Å². The van der Waals surface area contributed by atoms with E-state index in [1.165, 1.54) is 0 Å². The standard InChI is InChI=1S/C34H42IN5O5/c1-33(43)9-4-12-39(19-33)31-24-16-40(30-25(18-41)29-22(15-28(30)42)5-3-6-26(29)35)17-27(24)36-32(37-31)45-21-34(10-11-34)20-38-13-7-23(44-2)8-14-38/h3,5-6,15,18,23,42-43H,4,7-14,16-17,19-21H2,1-2H3/t33-/m1/s1. The highest BCUT2D eigenvalue weighted by molar-refractivity contribution is 14.1. The van der Waals surface area contributed by atoms with Crippen LogP contribution in [0.3, 0.4) is 0 Å². The van der Waals surface area contributed by atoms with E-state index in [0.29, 0.717) is 49.6 Å². The Bertz CT molecular complexity index is 1600. The molecule has 1 aromatic heterocycles. The molecule has 2 N–H and O–H groups in total. The molecule has 0 unspecified atom stereocenters. The Morgan fingerprint density at radius 2 is 1.91 bits per heavy atom. The molecule has 0 radical (unpaired) electrons. The number of hydrogen-bond donors (Lipinski definition) is 2. The summed E-state index contributed by atoms with van der Waals surface area (Å²) in [6, 6.07) is 7.90. The number of aliphatic hydroxyl groups is 1. The normalized spacial score (nSPS) is 23.4. The van der Waals surface area contributed by atoms with Gasteiger partial charge in [-0.3, -0.25) is 4.79 Å². The third-order valence-corrected chi connectivity index (χ3v) is 11.0. The molecular formula is C34H42IN5O5. The Kier molecular flexibility index (Phi) is 8.32. The predicted octanol–water partition coefficient (Wildman–Crippen LogP) is 4.89. The van der Waals surface area contributed by atoms with Crippen molar-refractivity contribution in [2.45, 2.75) is 70.2 Å². The Morgan fingerprint density at radius 1 is 1.11 bits per heavy atom. The number of anilines is 2. The molecule has 3 aliphatic heterocycles. The number of benzene rings is 2. The third-order valence-electron chi connectivity index (χ3n) is 10.1. The monoisotopic (exact) mass is 727 g/mol. The zero-order valence-corrected chi connectivity index (χ0v) is 28.3. The molecule has 0 bridgehead atoms. The van der Waals surface area contributed by atoms with Crippen molar-refractivity contribution >= 4 is 51.2 Å². The van der Waals surface area contributed by atoms with Crippen molar-refractivity contribution in [1.82, 2.24) is 14.9 Å². The van der Waals surface area contributed by atoms with E-state index in [2.05, 4.69) is 32.4 Å². The summed E-state index contributed by atoms with van der Waals surface area (Å²) in [4.78, 5) is 29.1. The van der Waals surface area contributed by atoms with Gasteiger partial charge < -0.3 is 34.4 Å². The van der Waals surface area contributed by atoms with Crippen molar-refractivity contribution in [2.24, 2.45) is 5.41 Å². The summed E-state index contributed by atoms with van der Waals surface area (Å²) >= 11 is 2.24. The Balaban J connectivity index is 1.18. The quantitative estimate of drug-likeness (QED) is 0.234. The van der Waals surface area contributed by atoms with Gasteiger partial charge in [-0.15, -0.1) is 0 Å². The summed E-state index contributed by atoms with van der Waals surface area (Å²) in [5.74, 6) is 0.836. The number of piperidine rings is 2. The van der Waals surface area contributed by atoms with E-state index in [4.69, 9.17) is 19.4 Å². The summed E-state index contributed by atoms with van der Waals surface area (Å²) in [6.45, 7) is 7.65. The van der Waals surface area contributed by atoms with E-state index in [0.717, 1.165) is 102 Å². The Hall–Kier alpha value is -2.74. The largest absolute Gasteiger partial charge is 0.506 e. The van der Waals surface area contributed by atoms with E-state index < -0.39 is 5.60 Å². The summed E-state index contributed by atoms with van der Waals surface area (Å²) in [6.07, 6.45) is 7.20. The fraction of sp³-hybridized carbons (Fsp3) is 0.559. The lowest BCUT2D eigenvalue weighted by atomic mass is 9.95. The molecule has 2 saturated heterocycles. The zero-order chi connectivity index (χ0) is 31.3. The average Bonchev–Trinajstić information content (AvgIpc) is 3.65. The van der Waals surface area contributed by atoms with Gasteiger partial charge in [0.1, 0.15) is 11.6 Å². The highest BCUT2D eigenvalue weighted by Crippen LogP contribution is 2.47. The van der Waals surface area contributed by atoms with Crippen LogP contribution in [0.5, 0.6) is 11.8 Å². The molecule has 4 aliphatic rings. The number of carbonyl (C=O) groups is 1. The second-order valence-electron chi connectivity index (χ2n) is 13.7. The molecular weight excluding hydrogens is 685 g/mol. The number of aromatic nitrogens is 2. The van der Waals surface area contributed by atoms with Crippen molar-refractivity contribution in [1.29, 1.82) is 0 Å². The number of phenols is 1. The minimum Gasteiger partial charge on any atom is -0.506 e. The minimum absolute atomic E-state index is 0.0662. The summed E-state index contributed by atoms with van der Waals surface area (Å²) < 4.78 is 12.9. The molecule has 3 aromatic rings. The fourth-order valence-electron chi connectivity index (χ4n) is 7.48. The number of methoxy groups -OCH3 is 1. The lowest BCUT2D eigenvalue weighted by Gasteiger charge is -2.38. The lowest BCUT2D eigenvalue weighted by molar-refractivity contribution is 0.0312. The molecule has 0 spiro atoms. The van der Waals surface area contributed by atoms with Crippen LogP contribution in [0.1, 0.15) is 67.1 Å². The molecule has 4 heterocycles. The first-order valence-electron chi connectivity index (χ1n) is 16.1. The summed E-state index contributed by atoms with van der Waals surface area (Å²) in [7, 11) is 1.80. The molecule has 240 valence electrons. The highest BCUT2D eigenvalue weighted by Gasteiger charge is 2.45. The lowest BCUT2D eigenvalue weighted by Crippen LogP contribution is -2.47. The fourth-order valence-corrected chi connectivity index (χ4v) is 8.29. The van der Waals surface area contributed by atoms with Gasteiger partial charge in [-0.05, 0) is 85.6 Å². The molecule has 1 aliphatic carbocycles. The first-order valence-corrected chi connectivity index (χ1v) is 17.1. The number of aldehydes is 1. The van der Waals surface area contributed by atoms with Crippen LogP contribution in [0.25, 0.3) is 10.8 Å². The number of halogens is 1. The maximum absolute atomic E-state index is 12.5. The first kappa shape index (κ1) is 30.9. The third kappa shape index (κ3) is 6.20. The number of carbonyl (C=O) groups excluding carboxylic acids is 1. The smallest absolute Gasteiger partial charge is 0.318 e. The van der Waals surface area contributed by atoms with Gasteiger partial charge in [-0.2, -0.15) is 9.97 Å². The molecule has 7 rings (SSSR count). The first-order chi connectivity index (χ1) is 21.7. The van der Waals surface area contributed by atoms with E-state index in [1.54, 1.807) is 13.2 Å². The number of rotatable bonds is 9. The maximum atomic E-state index is 12.5. The topological polar surface area (TPSA) is 111 Å². The van der Waals surface area contributed by atoms with Crippen LogP contribution in [-0.4, -0.2) is 89.5 Å². The van der Waals surface area contributed by atoms with Crippen LogP contribution in [0.2, 0.25) is 0 Å². The molecule has 1 atom stereocenters. The molecule has 0 amide bonds. The second kappa shape index (κ2) is 12.1. The molecule has 45 heavy (non-hydrogen) atoms. The number of likely N-dealkylation sites (tertiary alicyclic amines) is 1. The van der Waals surface area contributed by atoms with Crippen LogP contribution in [0, 0.1) is 8.99 Å². The summed E-state index contributed by atoms with van der Waals surface area (Å²) in [5.41, 5.74) is 2.05. The number of aromatic hydroxyl groups is 1. The molecule has 11 heteroatoms. The Labute approximate surface area is 277 Å². The second-order valence-corrected chi connectivity index (χ2v) is 14.9. The Morgan fingerprint density at radius 3 is 2.62 bits per heavy atom. The van der Waals surface area contributed by atoms with Gasteiger partial charge in [0, 0.05) is 66.3 Å². The molecule has 10 nitrogen and oxygen atoms in total. The van der Waals surface area contributed by atoms with Crippen molar-refractivity contribution in [3.63, 3.8) is 0 Å². The van der Waals surface area contributed by atoms with E-state index in [9.17, 15) is 15.0 Å². The van der Waals surface area contributed by atoms with Crippen LogP contribution in [-0.2, 0) is 17.8 Å². The molecule has 1 saturated carbocycles. The van der Waals surface area contributed by atoms with E-state index in [-0.39, 0.29) is 11.2 Å². The predicted molar refractivity (Wildman–Crippen MR) is 181 cm³/mol. The van der Waals surface area contributed by atoms with Crippen LogP contribution >= 0.6 is 22.6 Å². The number of hydrogen-bond acceptors (Lipinski definition) is 10. The molecule has 2 aromatic carbocycles. The van der Waals surface area contributed by atoms with Crippen molar-refractivity contribution < 1.29 is 24.5 Å². The number of ether oxygens (including phenoxy) is 2. The number of β-amino-alcohol motifs (C(OH)–C–C–N with tert-alkyl or cyclic N) is 1.